The van der Waals surface area contributed by atoms with E-state index in [1.54, 1.807) is 0 Å². The summed E-state index contributed by atoms with van der Waals surface area (Å²) in [7, 11) is 0. The van der Waals surface area contributed by atoms with E-state index in [2.05, 4.69) is 32.7 Å². The molecule has 0 atom stereocenters. The maximum Gasteiger partial charge on any atom is 0.0219 e. The highest BCUT2D eigenvalue weighted by Gasteiger charge is 2.03. The summed E-state index contributed by atoms with van der Waals surface area (Å²) in [5.74, 6) is 0. The molecule has 0 aromatic carbocycles. The fourth-order valence-corrected chi connectivity index (χ4v) is 1.38. The van der Waals surface area contributed by atoms with Crippen LogP contribution in [0, 0.1) is 0 Å². The molecule has 0 saturated heterocycles. The molecule has 1 aliphatic carbocycles. The summed E-state index contributed by atoms with van der Waals surface area (Å²) < 4.78 is 0. The van der Waals surface area contributed by atoms with Crippen LogP contribution in [0.15, 0.2) is 59.7 Å². The van der Waals surface area contributed by atoms with E-state index in [4.69, 9.17) is 11.6 Å². The van der Waals surface area contributed by atoms with E-state index in [0.717, 1.165) is 17.0 Å². The van der Waals surface area contributed by atoms with Gasteiger partial charge >= 0.3 is 0 Å². The number of hydrogen-bond acceptors (Lipinski definition) is 0. The summed E-state index contributed by atoms with van der Waals surface area (Å²) in [5, 5.41) is 0.880. The van der Waals surface area contributed by atoms with Gasteiger partial charge in [-0.2, -0.15) is 0 Å². The monoisotopic (exact) mass is 238 g/mol. The molecule has 0 unspecified atom stereocenters. The van der Waals surface area contributed by atoms with Gasteiger partial charge in [0, 0.05) is 11.5 Å². The third-order valence-electron chi connectivity index (χ3n) is 1.90. The predicted molar refractivity (Wildman–Crippen MR) is 77.8 cm³/mol. The van der Waals surface area contributed by atoms with Crippen LogP contribution in [0.5, 0.6) is 0 Å². The summed E-state index contributed by atoms with van der Waals surface area (Å²) in [4.78, 5) is 0. The van der Waals surface area contributed by atoms with Gasteiger partial charge in [0.1, 0.15) is 0 Å². The standard InChI is InChI=1S/C11H13Cl.C2H6.C2H4/c1-8(2)11-7-6-10(12)5-4-9(11)3;2*1-2/h4-5,7H,1,6H2,2-3H3;1-2H3;1-2H2. The van der Waals surface area contributed by atoms with Gasteiger partial charge in [0.2, 0.25) is 0 Å². The molecule has 90 valence electrons. The van der Waals surface area contributed by atoms with Gasteiger partial charge < -0.3 is 0 Å². The molecule has 0 aromatic rings. The topological polar surface area (TPSA) is 0 Å². The minimum Gasteiger partial charge on any atom is -0.106 e. The summed E-state index contributed by atoms with van der Waals surface area (Å²) in [6.45, 7) is 18.0. The van der Waals surface area contributed by atoms with E-state index in [-0.39, 0.29) is 0 Å². The molecule has 0 aliphatic heterocycles. The van der Waals surface area contributed by atoms with Crippen LogP contribution in [0.25, 0.3) is 0 Å². The van der Waals surface area contributed by atoms with Gasteiger partial charge in [-0.25, -0.2) is 0 Å². The molecule has 0 nitrogen and oxygen atoms in total. The summed E-state index contributed by atoms with van der Waals surface area (Å²) >= 11 is 5.90. The zero-order chi connectivity index (χ0) is 13.1. The third kappa shape index (κ3) is 6.47. The highest BCUT2D eigenvalue weighted by atomic mass is 35.5. The third-order valence-corrected chi connectivity index (χ3v) is 2.18. The smallest absolute Gasteiger partial charge is 0.0219 e. The lowest BCUT2D eigenvalue weighted by Gasteiger charge is -2.04. The first-order valence-electron chi connectivity index (χ1n) is 5.50. The molecule has 0 heterocycles. The quantitative estimate of drug-likeness (QED) is 0.507. The lowest BCUT2D eigenvalue weighted by Crippen LogP contribution is -1.85. The second kappa shape index (κ2) is 10.5. The molecule has 0 bridgehead atoms. The Bertz CT molecular complexity index is 303. The Hall–Kier alpha value is -1.01. The van der Waals surface area contributed by atoms with Crippen molar-refractivity contribution in [1.82, 2.24) is 0 Å². The van der Waals surface area contributed by atoms with Crippen molar-refractivity contribution in [2.45, 2.75) is 34.1 Å². The molecule has 1 aliphatic rings. The Morgan fingerprint density at radius 2 is 1.75 bits per heavy atom. The molecule has 16 heavy (non-hydrogen) atoms. The molecule has 1 rings (SSSR count). The highest BCUT2D eigenvalue weighted by Crippen LogP contribution is 2.24. The van der Waals surface area contributed by atoms with Crippen LogP contribution in [0.2, 0.25) is 0 Å². The van der Waals surface area contributed by atoms with Crippen molar-refractivity contribution in [3.8, 4) is 0 Å². The minimum atomic E-state index is 0.817. The first-order valence-corrected chi connectivity index (χ1v) is 5.88. The Morgan fingerprint density at radius 1 is 1.25 bits per heavy atom. The molecule has 1 heteroatoms. The van der Waals surface area contributed by atoms with Gasteiger partial charge in [0.25, 0.3) is 0 Å². The molecule has 0 N–H and O–H groups in total. The minimum absolute atomic E-state index is 0.817. The van der Waals surface area contributed by atoms with Crippen LogP contribution >= 0.6 is 11.6 Å². The van der Waals surface area contributed by atoms with Crippen LogP contribution in [0.4, 0.5) is 0 Å². The van der Waals surface area contributed by atoms with Crippen LogP contribution in [0.3, 0.4) is 0 Å². The normalized spacial score (nSPS) is 13.7. The Morgan fingerprint density at radius 3 is 2.19 bits per heavy atom. The fourth-order valence-electron chi connectivity index (χ4n) is 1.24. The van der Waals surface area contributed by atoms with E-state index >= 15 is 0 Å². The van der Waals surface area contributed by atoms with Crippen molar-refractivity contribution in [3.63, 3.8) is 0 Å². The van der Waals surface area contributed by atoms with E-state index in [1.807, 2.05) is 32.9 Å². The van der Waals surface area contributed by atoms with Crippen molar-refractivity contribution in [2.75, 3.05) is 0 Å². The second-order valence-electron chi connectivity index (χ2n) is 3.07. The Balaban J connectivity index is 0. The molecule has 0 spiro atoms. The zero-order valence-corrected chi connectivity index (χ0v) is 11.7. The Kier molecular flexibility index (Phi) is 11.4. The number of allylic oxidation sites excluding steroid dienone is 7. The van der Waals surface area contributed by atoms with Crippen LogP contribution in [-0.4, -0.2) is 0 Å². The van der Waals surface area contributed by atoms with Gasteiger partial charge in [-0.1, -0.05) is 49.8 Å². The maximum absolute atomic E-state index is 5.90. The van der Waals surface area contributed by atoms with Gasteiger partial charge in [-0.3, -0.25) is 0 Å². The second-order valence-corrected chi connectivity index (χ2v) is 3.55. The molecular weight excluding hydrogens is 216 g/mol. The summed E-state index contributed by atoms with van der Waals surface area (Å²) in [6, 6.07) is 0. The van der Waals surface area contributed by atoms with Gasteiger partial charge in [0.15, 0.2) is 0 Å². The first-order chi connectivity index (χ1) is 7.61. The Labute approximate surface area is 106 Å². The molecule has 0 aromatic heterocycles. The van der Waals surface area contributed by atoms with Crippen molar-refractivity contribution in [1.29, 1.82) is 0 Å². The molecule has 0 amide bonds. The van der Waals surface area contributed by atoms with Gasteiger partial charge in [0.05, 0.1) is 0 Å². The molecule has 0 saturated carbocycles. The molecular formula is C15H23Cl. The predicted octanol–water partition coefficient (Wildman–Crippen LogP) is 5.79. The van der Waals surface area contributed by atoms with Crippen LogP contribution in [-0.2, 0) is 0 Å². The van der Waals surface area contributed by atoms with E-state index in [1.165, 1.54) is 11.1 Å². The lowest BCUT2D eigenvalue weighted by atomic mass is 10.0. The first kappa shape index (κ1) is 17.4. The summed E-state index contributed by atoms with van der Waals surface area (Å²) in [5.41, 5.74) is 3.56. The van der Waals surface area contributed by atoms with Crippen molar-refractivity contribution < 1.29 is 0 Å². The van der Waals surface area contributed by atoms with E-state index in [0.29, 0.717) is 0 Å². The number of rotatable bonds is 1. The molecule has 0 fully saturated rings. The lowest BCUT2D eigenvalue weighted by molar-refractivity contribution is 1.27. The zero-order valence-electron chi connectivity index (χ0n) is 10.9. The average molecular weight is 239 g/mol. The highest BCUT2D eigenvalue weighted by molar-refractivity contribution is 6.29. The molecule has 0 radical (unpaired) electrons. The van der Waals surface area contributed by atoms with Crippen LogP contribution < -0.4 is 0 Å². The average Bonchev–Trinajstić information content (AvgIpc) is 2.47. The maximum atomic E-state index is 5.90. The van der Waals surface area contributed by atoms with E-state index in [9.17, 15) is 0 Å². The number of halogens is 1. The van der Waals surface area contributed by atoms with Crippen molar-refractivity contribution in [3.05, 3.63) is 59.7 Å². The SMILES string of the molecule is C=C.C=C(C)C1=CCC(Cl)=CC=C1C.CC. The summed E-state index contributed by atoms with van der Waals surface area (Å²) in [6.07, 6.45) is 6.93. The van der Waals surface area contributed by atoms with Gasteiger partial charge in [-0.15, -0.1) is 13.2 Å². The fraction of sp³-hybridized carbons (Fsp3) is 0.333. The number of hydrogen-bond donors (Lipinski definition) is 0. The van der Waals surface area contributed by atoms with Gasteiger partial charge in [-0.05, 0) is 31.1 Å². The van der Waals surface area contributed by atoms with Crippen LogP contribution in [0.1, 0.15) is 34.1 Å². The largest absolute Gasteiger partial charge is 0.106 e. The van der Waals surface area contributed by atoms with E-state index < -0.39 is 0 Å². The van der Waals surface area contributed by atoms with Crippen molar-refractivity contribution >= 4 is 11.6 Å². The van der Waals surface area contributed by atoms with Crippen molar-refractivity contribution in [2.24, 2.45) is 0 Å².